The smallest absolute Gasteiger partial charge is 0.265 e. The summed E-state index contributed by atoms with van der Waals surface area (Å²) in [4.78, 5) is 25.6. The zero-order chi connectivity index (χ0) is 20.3. The van der Waals surface area contributed by atoms with Crippen LogP contribution in [0.2, 0.25) is 0 Å². The van der Waals surface area contributed by atoms with Crippen molar-refractivity contribution in [1.29, 1.82) is 0 Å². The second kappa shape index (κ2) is 8.25. The highest BCUT2D eigenvalue weighted by atomic mass is 16.5. The molecular formula is C22H25N3O3. The van der Waals surface area contributed by atoms with Gasteiger partial charge in [0.25, 0.3) is 5.91 Å². The summed E-state index contributed by atoms with van der Waals surface area (Å²) in [6.45, 7) is 7.64. The van der Waals surface area contributed by atoms with Crippen molar-refractivity contribution in [1.82, 2.24) is 0 Å². The molecule has 6 heteroatoms. The SMILES string of the molecule is CCc1cccc(NC(=O)C2C(=O)N(c3ccc(OC(C)C)cc3)N=C2C)c1. The van der Waals surface area contributed by atoms with Gasteiger partial charge in [0.1, 0.15) is 5.75 Å². The van der Waals surface area contributed by atoms with E-state index >= 15 is 0 Å². The first kappa shape index (κ1) is 19.6. The van der Waals surface area contributed by atoms with Crippen molar-refractivity contribution in [2.45, 2.75) is 40.2 Å². The zero-order valence-corrected chi connectivity index (χ0v) is 16.6. The van der Waals surface area contributed by atoms with Crippen LogP contribution in [-0.2, 0) is 16.0 Å². The van der Waals surface area contributed by atoms with Gasteiger partial charge in [-0.25, -0.2) is 0 Å². The molecule has 0 aliphatic carbocycles. The fraction of sp³-hybridized carbons (Fsp3) is 0.318. The number of amides is 2. The van der Waals surface area contributed by atoms with Crippen LogP contribution in [0.3, 0.4) is 0 Å². The van der Waals surface area contributed by atoms with E-state index in [0.29, 0.717) is 17.1 Å². The topological polar surface area (TPSA) is 71.0 Å². The van der Waals surface area contributed by atoms with Crippen LogP contribution in [0.4, 0.5) is 11.4 Å². The Morgan fingerprint density at radius 2 is 1.93 bits per heavy atom. The Morgan fingerprint density at radius 1 is 1.21 bits per heavy atom. The van der Waals surface area contributed by atoms with Crippen molar-refractivity contribution in [3.63, 3.8) is 0 Å². The summed E-state index contributed by atoms with van der Waals surface area (Å²) in [5, 5.41) is 8.42. The first-order valence-corrected chi connectivity index (χ1v) is 9.44. The lowest BCUT2D eigenvalue weighted by atomic mass is 10.0. The number of rotatable bonds is 6. The Morgan fingerprint density at radius 3 is 2.57 bits per heavy atom. The van der Waals surface area contributed by atoms with Crippen molar-refractivity contribution in [2.24, 2.45) is 11.0 Å². The van der Waals surface area contributed by atoms with E-state index in [-0.39, 0.29) is 17.9 Å². The second-order valence-corrected chi connectivity index (χ2v) is 7.03. The first-order valence-electron chi connectivity index (χ1n) is 9.44. The van der Waals surface area contributed by atoms with Crippen LogP contribution in [0.5, 0.6) is 5.75 Å². The molecule has 3 rings (SSSR count). The van der Waals surface area contributed by atoms with Crippen molar-refractivity contribution in [3.05, 3.63) is 54.1 Å². The van der Waals surface area contributed by atoms with Crippen LogP contribution in [0.15, 0.2) is 53.6 Å². The molecule has 2 amide bonds. The first-order chi connectivity index (χ1) is 13.4. The number of nitrogens with one attached hydrogen (secondary N) is 1. The summed E-state index contributed by atoms with van der Waals surface area (Å²) < 4.78 is 5.62. The molecule has 2 aromatic rings. The largest absolute Gasteiger partial charge is 0.491 e. The maximum Gasteiger partial charge on any atom is 0.265 e. The van der Waals surface area contributed by atoms with Gasteiger partial charge in [-0.2, -0.15) is 10.1 Å². The van der Waals surface area contributed by atoms with E-state index in [1.54, 1.807) is 31.2 Å². The van der Waals surface area contributed by atoms with Gasteiger partial charge >= 0.3 is 0 Å². The molecule has 1 atom stereocenters. The molecule has 2 aromatic carbocycles. The number of hydrazone groups is 1. The van der Waals surface area contributed by atoms with E-state index in [1.807, 2.05) is 45.0 Å². The molecule has 0 radical (unpaired) electrons. The Hall–Kier alpha value is -3.15. The van der Waals surface area contributed by atoms with Gasteiger partial charge in [-0.15, -0.1) is 0 Å². The fourth-order valence-electron chi connectivity index (χ4n) is 3.07. The average Bonchev–Trinajstić information content (AvgIpc) is 2.96. The Kier molecular flexibility index (Phi) is 5.78. The van der Waals surface area contributed by atoms with E-state index in [9.17, 15) is 9.59 Å². The summed E-state index contributed by atoms with van der Waals surface area (Å²) in [5.41, 5.74) is 2.87. The minimum Gasteiger partial charge on any atom is -0.491 e. The zero-order valence-electron chi connectivity index (χ0n) is 16.6. The highest BCUT2D eigenvalue weighted by Crippen LogP contribution is 2.27. The van der Waals surface area contributed by atoms with E-state index in [0.717, 1.165) is 17.7 Å². The fourth-order valence-corrected chi connectivity index (χ4v) is 3.07. The van der Waals surface area contributed by atoms with Crippen molar-refractivity contribution < 1.29 is 14.3 Å². The molecule has 0 spiro atoms. The number of anilines is 2. The third-order valence-electron chi connectivity index (χ3n) is 4.45. The standard InChI is InChI=1S/C22H25N3O3/c1-5-16-7-6-8-17(13-16)23-21(26)20-15(4)24-25(22(20)27)18-9-11-19(12-10-18)28-14(2)3/h6-14,20H,5H2,1-4H3,(H,23,26). The number of carbonyl (C=O) groups is 2. The van der Waals surface area contributed by atoms with Crippen LogP contribution in [0.25, 0.3) is 0 Å². The van der Waals surface area contributed by atoms with E-state index in [1.165, 1.54) is 5.01 Å². The molecule has 1 aliphatic heterocycles. The van der Waals surface area contributed by atoms with Gasteiger partial charge in [0, 0.05) is 5.69 Å². The van der Waals surface area contributed by atoms with Gasteiger partial charge in [0.2, 0.25) is 5.91 Å². The molecule has 0 saturated carbocycles. The van der Waals surface area contributed by atoms with Crippen molar-refractivity contribution in [3.8, 4) is 5.75 Å². The summed E-state index contributed by atoms with van der Waals surface area (Å²) in [7, 11) is 0. The number of carbonyl (C=O) groups excluding carboxylic acids is 2. The third-order valence-corrected chi connectivity index (χ3v) is 4.45. The second-order valence-electron chi connectivity index (χ2n) is 7.03. The summed E-state index contributed by atoms with van der Waals surface area (Å²) in [6, 6.07) is 14.7. The number of aryl methyl sites for hydroxylation is 1. The minimum absolute atomic E-state index is 0.0684. The number of nitrogens with zero attached hydrogens (tertiary/aromatic N) is 2. The van der Waals surface area contributed by atoms with Gasteiger partial charge in [-0.3, -0.25) is 9.59 Å². The molecule has 0 fully saturated rings. The molecular weight excluding hydrogens is 354 g/mol. The monoisotopic (exact) mass is 379 g/mol. The summed E-state index contributed by atoms with van der Waals surface area (Å²) in [6.07, 6.45) is 0.940. The number of hydrogen-bond acceptors (Lipinski definition) is 4. The molecule has 146 valence electrons. The number of ether oxygens (including phenoxy) is 1. The van der Waals surface area contributed by atoms with Gasteiger partial charge in [0.15, 0.2) is 5.92 Å². The molecule has 1 N–H and O–H groups in total. The van der Waals surface area contributed by atoms with Gasteiger partial charge in [0.05, 0.1) is 17.5 Å². The Balaban J connectivity index is 1.73. The lowest BCUT2D eigenvalue weighted by molar-refractivity contribution is -0.127. The van der Waals surface area contributed by atoms with Gasteiger partial charge < -0.3 is 10.1 Å². The van der Waals surface area contributed by atoms with Crippen LogP contribution < -0.4 is 15.1 Å². The van der Waals surface area contributed by atoms with Crippen LogP contribution in [-0.4, -0.2) is 23.6 Å². The van der Waals surface area contributed by atoms with Crippen LogP contribution in [0.1, 0.15) is 33.3 Å². The molecule has 0 bridgehead atoms. The molecule has 1 aliphatic rings. The van der Waals surface area contributed by atoms with Gasteiger partial charge in [-0.05, 0) is 69.2 Å². The lowest BCUT2D eigenvalue weighted by Gasteiger charge is -2.16. The lowest BCUT2D eigenvalue weighted by Crippen LogP contribution is -2.36. The highest BCUT2D eigenvalue weighted by molar-refractivity contribution is 6.28. The maximum absolute atomic E-state index is 12.9. The molecule has 1 unspecified atom stereocenters. The summed E-state index contributed by atoms with van der Waals surface area (Å²) in [5.74, 6) is -0.950. The molecule has 0 saturated heterocycles. The predicted octanol–water partition coefficient (Wildman–Crippen LogP) is 4.01. The Labute approximate surface area is 165 Å². The van der Waals surface area contributed by atoms with Crippen LogP contribution >= 0.6 is 0 Å². The average molecular weight is 379 g/mol. The maximum atomic E-state index is 12.9. The van der Waals surface area contributed by atoms with E-state index in [2.05, 4.69) is 10.4 Å². The third kappa shape index (κ3) is 4.22. The van der Waals surface area contributed by atoms with Crippen LogP contribution in [0, 0.1) is 5.92 Å². The highest BCUT2D eigenvalue weighted by Gasteiger charge is 2.39. The number of benzene rings is 2. The molecule has 1 heterocycles. The van der Waals surface area contributed by atoms with Gasteiger partial charge in [-0.1, -0.05) is 19.1 Å². The molecule has 28 heavy (non-hydrogen) atoms. The predicted molar refractivity (Wildman–Crippen MR) is 111 cm³/mol. The summed E-state index contributed by atoms with van der Waals surface area (Å²) >= 11 is 0. The van der Waals surface area contributed by atoms with Crippen molar-refractivity contribution in [2.75, 3.05) is 10.3 Å². The van der Waals surface area contributed by atoms with Crippen molar-refractivity contribution >= 4 is 28.9 Å². The quantitative estimate of drug-likeness (QED) is 0.771. The van der Waals surface area contributed by atoms with E-state index < -0.39 is 5.92 Å². The number of hydrogen-bond donors (Lipinski definition) is 1. The molecule has 0 aromatic heterocycles. The Bertz CT molecular complexity index is 903. The minimum atomic E-state index is -0.933. The van der Waals surface area contributed by atoms with E-state index in [4.69, 9.17) is 4.74 Å². The normalized spacial score (nSPS) is 16.3. The molecule has 6 nitrogen and oxygen atoms in total.